The van der Waals surface area contributed by atoms with Crippen LogP contribution in [0.5, 0.6) is 0 Å². The van der Waals surface area contributed by atoms with Crippen molar-refractivity contribution in [2.75, 3.05) is 11.5 Å². The van der Waals surface area contributed by atoms with Crippen molar-refractivity contribution in [3.05, 3.63) is 59.7 Å². The summed E-state index contributed by atoms with van der Waals surface area (Å²) >= 11 is 4.00. The van der Waals surface area contributed by atoms with E-state index in [9.17, 15) is 0 Å². The second-order valence-corrected chi connectivity index (χ2v) is 7.42. The Labute approximate surface area is 128 Å². The maximum Gasteiger partial charge on any atom is 0.0147 e. The summed E-state index contributed by atoms with van der Waals surface area (Å²) in [5, 5.41) is 0. The molecule has 0 fully saturated rings. The molecule has 2 aliphatic heterocycles. The number of hydrogen-bond acceptors (Lipinski definition) is 2. The fraction of sp³-hybridized carbons (Fsp3) is 0.222. The number of benzene rings is 2. The van der Waals surface area contributed by atoms with Gasteiger partial charge in [-0.2, -0.15) is 0 Å². The Morgan fingerprint density at radius 3 is 1.55 bits per heavy atom. The van der Waals surface area contributed by atoms with Gasteiger partial charge in [0.1, 0.15) is 0 Å². The van der Waals surface area contributed by atoms with Gasteiger partial charge in [0.05, 0.1) is 0 Å². The second kappa shape index (κ2) is 5.34. The van der Waals surface area contributed by atoms with Crippen LogP contribution in [0, 0.1) is 0 Å². The second-order valence-electron chi connectivity index (χ2n) is 5.15. The summed E-state index contributed by atoms with van der Waals surface area (Å²) in [5.41, 5.74) is 6.13. The van der Waals surface area contributed by atoms with Gasteiger partial charge in [0.15, 0.2) is 0 Å². The first-order valence-electron chi connectivity index (χ1n) is 7.10. The summed E-state index contributed by atoms with van der Waals surface area (Å²) in [4.78, 5) is 2.91. The largest absolute Gasteiger partial charge is 0.125 e. The highest BCUT2D eigenvalue weighted by Crippen LogP contribution is 2.45. The van der Waals surface area contributed by atoms with Crippen LogP contribution in [-0.4, -0.2) is 11.5 Å². The topological polar surface area (TPSA) is 0 Å². The van der Waals surface area contributed by atoms with Crippen LogP contribution >= 0.6 is 23.5 Å². The van der Waals surface area contributed by atoms with Gasteiger partial charge in [0, 0.05) is 21.3 Å². The molecule has 0 atom stereocenters. The monoisotopic (exact) mass is 296 g/mol. The Hall–Kier alpha value is -1.12. The normalized spacial score (nSPS) is 21.2. The minimum absolute atomic E-state index is 1.20. The van der Waals surface area contributed by atoms with E-state index in [1.807, 2.05) is 23.5 Å². The Morgan fingerprint density at radius 2 is 1.05 bits per heavy atom. The lowest BCUT2D eigenvalue weighted by atomic mass is 9.90. The predicted octanol–water partition coefficient (Wildman–Crippen LogP) is 5.59. The van der Waals surface area contributed by atoms with Crippen molar-refractivity contribution in [3.63, 3.8) is 0 Å². The quantitative estimate of drug-likeness (QED) is 0.621. The Kier molecular flexibility index (Phi) is 3.37. The minimum atomic E-state index is 1.20. The van der Waals surface area contributed by atoms with Gasteiger partial charge in [-0.1, -0.05) is 36.4 Å². The molecule has 0 spiro atoms. The summed E-state index contributed by atoms with van der Waals surface area (Å²) in [7, 11) is 0. The summed E-state index contributed by atoms with van der Waals surface area (Å²) < 4.78 is 0. The summed E-state index contributed by atoms with van der Waals surface area (Å²) in [5.74, 6) is 2.43. The highest BCUT2D eigenvalue weighted by atomic mass is 32.2. The van der Waals surface area contributed by atoms with Gasteiger partial charge in [0.2, 0.25) is 0 Å². The van der Waals surface area contributed by atoms with E-state index in [4.69, 9.17) is 0 Å². The molecule has 0 nitrogen and oxygen atoms in total. The summed E-state index contributed by atoms with van der Waals surface area (Å²) in [6.45, 7) is 0. The Bertz CT molecular complexity index is 626. The molecule has 2 heteroatoms. The third-order valence-electron chi connectivity index (χ3n) is 4.01. The van der Waals surface area contributed by atoms with E-state index in [-0.39, 0.29) is 0 Å². The molecule has 2 aliphatic rings. The number of hydrogen-bond donors (Lipinski definition) is 0. The van der Waals surface area contributed by atoms with Gasteiger partial charge in [-0.15, -0.1) is 23.5 Å². The molecule has 2 heterocycles. The molecule has 0 radical (unpaired) electrons. The van der Waals surface area contributed by atoms with Crippen LogP contribution in [0.2, 0.25) is 0 Å². The minimum Gasteiger partial charge on any atom is -0.125 e. The maximum atomic E-state index is 2.30. The van der Waals surface area contributed by atoms with Gasteiger partial charge in [-0.25, -0.2) is 0 Å². The first-order valence-corrected chi connectivity index (χ1v) is 9.07. The van der Waals surface area contributed by atoms with E-state index in [1.165, 1.54) is 45.3 Å². The third-order valence-corrected chi connectivity index (χ3v) is 6.16. The Morgan fingerprint density at radius 1 is 0.600 bits per heavy atom. The van der Waals surface area contributed by atoms with Crippen molar-refractivity contribution in [2.45, 2.75) is 22.6 Å². The van der Waals surface area contributed by atoms with Gasteiger partial charge in [0.25, 0.3) is 0 Å². The van der Waals surface area contributed by atoms with Crippen molar-refractivity contribution < 1.29 is 0 Å². The van der Waals surface area contributed by atoms with E-state index < -0.39 is 0 Å². The standard InChI is InChI=1S/C18H16S2/c1-3-7-17-15(5-1)13(9-11-19-17)14-10-12-20-18-8-4-2-6-16(14)18/h1-8H,9-12H2/b14-13-. The molecule has 0 aromatic heterocycles. The van der Waals surface area contributed by atoms with Crippen molar-refractivity contribution in [1.29, 1.82) is 0 Å². The molecule has 0 amide bonds. The van der Waals surface area contributed by atoms with Crippen LogP contribution in [-0.2, 0) is 0 Å². The average Bonchev–Trinajstić information content (AvgIpc) is 2.54. The van der Waals surface area contributed by atoms with E-state index in [0.29, 0.717) is 0 Å². The van der Waals surface area contributed by atoms with E-state index in [0.717, 1.165) is 0 Å². The zero-order valence-electron chi connectivity index (χ0n) is 11.3. The molecule has 0 saturated carbocycles. The fourth-order valence-electron chi connectivity index (χ4n) is 3.11. The lowest BCUT2D eigenvalue weighted by Gasteiger charge is -2.26. The first-order chi connectivity index (χ1) is 9.93. The lowest BCUT2D eigenvalue weighted by molar-refractivity contribution is 1.14. The van der Waals surface area contributed by atoms with Gasteiger partial charge in [-0.3, -0.25) is 0 Å². The lowest BCUT2D eigenvalue weighted by Crippen LogP contribution is -2.05. The maximum absolute atomic E-state index is 2.30. The molecule has 0 aliphatic carbocycles. The third kappa shape index (κ3) is 2.11. The molecule has 2 aromatic carbocycles. The number of allylic oxidation sites excluding steroid dienone is 2. The van der Waals surface area contributed by atoms with Crippen LogP contribution in [0.15, 0.2) is 58.3 Å². The molecular formula is C18H16S2. The number of rotatable bonds is 0. The molecule has 100 valence electrons. The first kappa shape index (κ1) is 12.6. The fourth-order valence-corrected chi connectivity index (χ4v) is 5.20. The molecule has 4 rings (SSSR count). The van der Waals surface area contributed by atoms with Crippen molar-refractivity contribution in [2.24, 2.45) is 0 Å². The van der Waals surface area contributed by atoms with Crippen LogP contribution in [0.4, 0.5) is 0 Å². The molecule has 20 heavy (non-hydrogen) atoms. The highest BCUT2D eigenvalue weighted by Gasteiger charge is 2.22. The average molecular weight is 296 g/mol. The molecule has 0 unspecified atom stereocenters. The van der Waals surface area contributed by atoms with Crippen LogP contribution < -0.4 is 0 Å². The van der Waals surface area contributed by atoms with Gasteiger partial charge < -0.3 is 0 Å². The van der Waals surface area contributed by atoms with E-state index in [1.54, 1.807) is 11.1 Å². The zero-order chi connectivity index (χ0) is 13.4. The molecule has 2 aromatic rings. The molecule has 0 N–H and O–H groups in total. The van der Waals surface area contributed by atoms with Crippen molar-refractivity contribution in [3.8, 4) is 0 Å². The Balaban J connectivity index is 1.93. The summed E-state index contributed by atoms with van der Waals surface area (Å²) in [6, 6.07) is 17.8. The van der Waals surface area contributed by atoms with Gasteiger partial charge in [-0.05, 0) is 47.2 Å². The smallest absolute Gasteiger partial charge is 0.0147 e. The van der Waals surface area contributed by atoms with Crippen LogP contribution in [0.25, 0.3) is 11.1 Å². The highest BCUT2D eigenvalue weighted by molar-refractivity contribution is 7.99. The SMILES string of the molecule is c1ccc2c(c1)SCC/C2=C1\CCSc2ccccc21. The number of thioether (sulfide) groups is 2. The molecular weight excluding hydrogens is 280 g/mol. The summed E-state index contributed by atoms with van der Waals surface area (Å²) in [6.07, 6.45) is 2.41. The zero-order valence-corrected chi connectivity index (χ0v) is 12.9. The predicted molar refractivity (Wildman–Crippen MR) is 90.4 cm³/mol. The molecule has 0 saturated heterocycles. The van der Waals surface area contributed by atoms with Gasteiger partial charge >= 0.3 is 0 Å². The van der Waals surface area contributed by atoms with Crippen LogP contribution in [0.3, 0.4) is 0 Å². The van der Waals surface area contributed by atoms with Crippen molar-refractivity contribution in [1.82, 2.24) is 0 Å². The van der Waals surface area contributed by atoms with E-state index in [2.05, 4.69) is 48.5 Å². The number of fused-ring (bicyclic) bond motifs is 2. The van der Waals surface area contributed by atoms with Crippen LogP contribution in [0.1, 0.15) is 24.0 Å². The van der Waals surface area contributed by atoms with E-state index >= 15 is 0 Å². The molecule has 0 bridgehead atoms. The van der Waals surface area contributed by atoms with Crippen molar-refractivity contribution >= 4 is 34.7 Å².